The van der Waals surface area contributed by atoms with Gasteiger partial charge in [0.1, 0.15) is 17.9 Å². The van der Waals surface area contributed by atoms with E-state index in [0.717, 1.165) is 48.5 Å². The fourth-order valence-electron chi connectivity index (χ4n) is 4.19. The minimum Gasteiger partial charge on any atom is -0.508 e. The first-order chi connectivity index (χ1) is 13.1. The van der Waals surface area contributed by atoms with Gasteiger partial charge in [-0.3, -0.25) is 0 Å². The van der Waals surface area contributed by atoms with Crippen molar-refractivity contribution < 1.29 is 14.4 Å². The van der Waals surface area contributed by atoms with Crippen molar-refractivity contribution in [2.45, 2.75) is 32.7 Å². The van der Waals surface area contributed by atoms with Crippen molar-refractivity contribution in [2.75, 3.05) is 13.1 Å². The normalized spacial score (nSPS) is 20.0. The van der Waals surface area contributed by atoms with E-state index in [0.29, 0.717) is 5.58 Å². The minimum atomic E-state index is -0.319. The molecule has 1 fully saturated rings. The number of phenolic OH excluding ortho intramolecular Hbond substituents is 1. The number of piperidine rings is 1. The molecule has 0 aliphatic carbocycles. The molecule has 0 amide bonds. The highest BCUT2D eigenvalue weighted by molar-refractivity contribution is 5.82. The summed E-state index contributed by atoms with van der Waals surface area (Å²) in [4.78, 5) is 13.5. The van der Waals surface area contributed by atoms with E-state index in [1.807, 2.05) is 6.92 Å². The van der Waals surface area contributed by atoms with Crippen molar-refractivity contribution in [1.82, 2.24) is 0 Å². The molecule has 0 spiro atoms. The minimum absolute atomic E-state index is 0.245. The second-order valence-corrected chi connectivity index (χ2v) is 7.79. The topological polar surface area (TPSA) is 54.9 Å². The number of rotatable bonds is 4. The van der Waals surface area contributed by atoms with Crippen molar-refractivity contribution in [3.63, 3.8) is 0 Å². The summed E-state index contributed by atoms with van der Waals surface area (Å²) in [5.74, 6) is 0.981. The van der Waals surface area contributed by atoms with Gasteiger partial charge < -0.3 is 14.4 Å². The van der Waals surface area contributed by atoms with Crippen molar-refractivity contribution in [1.29, 1.82) is 0 Å². The number of quaternary nitrogens is 1. The summed E-state index contributed by atoms with van der Waals surface area (Å²) in [6.45, 7) is 4.82. The molecule has 1 saturated heterocycles. The Morgan fingerprint density at radius 1 is 1.11 bits per heavy atom. The lowest BCUT2D eigenvalue weighted by Crippen LogP contribution is -3.11. The molecule has 4 rings (SSSR count). The van der Waals surface area contributed by atoms with E-state index in [2.05, 4.69) is 30.3 Å². The second-order valence-electron chi connectivity index (χ2n) is 7.79. The molecule has 2 N–H and O–H groups in total. The summed E-state index contributed by atoms with van der Waals surface area (Å²) in [5, 5.41) is 10.9. The largest absolute Gasteiger partial charge is 0.508 e. The monoisotopic (exact) mass is 364 g/mol. The maximum absolute atomic E-state index is 12.0. The van der Waals surface area contributed by atoms with Crippen molar-refractivity contribution >= 4 is 11.0 Å². The molecule has 0 bridgehead atoms. The molecule has 1 aliphatic heterocycles. The van der Waals surface area contributed by atoms with E-state index >= 15 is 0 Å². The Kier molecular flexibility index (Phi) is 4.99. The van der Waals surface area contributed by atoms with Crippen LogP contribution < -0.4 is 10.5 Å². The van der Waals surface area contributed by atoms with Gasteiger partial charge >= 0.3 is 5.63 Å². The molecule has 4 heteroatoms. The lowest BCUT2D eigenvalue weighted by atomic mass is 9.90. The van der Waals surface area contributed by atoms with Crippen LogP contribution in [0.2, 0.25) is 0 Å². The Bertz CT molecular complexity index is 986. The van der Waals surface area contributed by atoms with E-state index in [1.54, 1.807) is 18.2 Å². The second kappa shape index (κ2) is 7.57. The Morgan fingerprint density at radius 3 is 2.59 bits per heavy atom. The number of phenols is 1. The van der Waals surface area contributed by atoms with Crippen molar-refractivity contribution in [3.05, 3.63) is 75.6 Å². The third kappa shape index (κ3) is 4.06. The highest BCUT2D eigenvalue weighted by Crippen LogP contribution is 2.26. The maximum atomic E-state index is 12.0. The molecule has 1 aliphatic rings. The molecule has 140 valence electrons. The van der Waals surface area contributed by atoms with E-state index in [-0.39, 0.29) is 11.4 Å². The molecule has 1 aromatic heterocycles. The molecule has 2 heterocycles. The molecular weight excluding hydrogens is 338 g/mol. The zero-order valence-corrected chi connectivity index (χ0v) is 15.7. The van der Waals surface area contributed by atoms with Crippen LogP contribution in [-0.2, 0) is 13.0 Å². The predicted octanol–water partition coefficient (Wildman–Crippen LogP) is 2.84. The molecule has 0 atom stereocenters. The average molecular weight is 364 g/mol. The van der Waals surface area contributed by atoms with Crippen LogP contribution in [0.1, 0.15) is 29.5 Å². The van der Waals surface area contributed by atoms with Gasteiger partial charge in [0, 0.05) is 17.0 Å². The average Bonchev–Trinajstić information content (AvgIpc) is 2.66. The van der Waals surface area contributed by atoms with Gasteiger partial charge in [0.25, 0.3) is 0 Å². The first-order valence-corrected chi connectivity index (χ1v) is 9.72. The van der Waals surface area contributed by atoms with Gasteiger partial charge in [-0.1, -0.05) is 30.3 Å². The van der Waals surface area contributed by atoms with Crippen LogP contribution in [0.3, 0.4) is 0 Å². The van der Waals surface area contributed by atoms with Gasteiger partial charge in [0.05, 0.1) is 13.1 Å². The van der Waals surface area contributed by atoms with Gasteiger partial charge in [-0.25, -0.2) is 4.79 Å². The number of nitrogens with one attached hydrogen (secondary N) is 1. The Hall–Kier alpha value is -2.59. The van der Waals surface area contributed by atoms with Crippen LogP contribution in [0.5, 0.6) is 5.75 Å². The summed E-state index contributed by atoms with van der Waals surface area (Å²) in [7, 11) is 0. The molecule has 0 radical (unpaired) electrons. The highest BCUT2D eigenvalue weighted by atomic mass is 16.4. The van der Waals surface area contributed by atoms with Gasteiger partial charge in [0.15, 0.2) is 0 Å². The molecule has 0 saturated carbocycles. The summed E-state index contributed by atoms with van der Waals surface area (Å²) in [6, 6.07) is 15.8. The number of fused-ring (bicyclic) bond motifs is 1. The number of aryl methyl sites for hydroxylation is 1. The predicted molar refractivity (Wildman–Crippen MR) is 106 cm³/mol. The van der Waals surface area contributed by atoms with E-state index in [4.69, 9.17) is 4.42 Å². The third-order valence-electron chi connectivity index (χ3n) is 5.77. The van der Waals surface area contributed by atoms with Crippen LogP contribution in [0, 0.1) is 12.8 Å². The Morgan fingerprint density at radius 2 is 1.85 bits per heavy atom. The Balaban J connectivity index is 1.46. The van der Waals surface area contributed by atoms with Gasteiger partial charge in [-0.2, -0.15) is 0 Å². The standard InChI is InChI=1S/C23H25NO3/c1-16-11-22-20(14-21(16)25)19(13-23(26)27-22)15-24-9-7-18(8-10-24)12-17-5-3-2-4-6-17/h2-6,11,13-14,18,25H,7-10,12,15H2,1H3/p+1. The smallest absolute Gasteiger partial charge is 0.336 e. The van der Waals surface area contributed by atoms with Gasteiger partial charge in [-0.05, 0) is 55.4 Å². The molecular formula is C23H26NO3+. The zero-order valence-electron chi connectivity index (χ0n) is 15.7. The third-order valence-corrected chi connectivity index (χ3v) is 5.77. The van der Waals surface area contributed by atoms with Crippen LogP contribution >= 0.6 is 0 Å². The maximum Gasteiger partial charge on any atom is 0.336 e. The summed E-state index contributed by atoms with van der Waals surface area (Å²) in [6.07, 6.45) is 3.56. The van der Waals surface area contributed by atoms with Crippen LogP contribution in [0.25, 0.3) is 11.0 Å². The lowest BCUT2D eigenvalue weighted by molar-refractivity contribution is -0.919. The van der Waals surface area contributed by atoms with Crippen LogP contribution in [-0.4, -0.2) is 18.2 Å². The highest BCUT2D eigenvalue weighted by Gasteiger charge is 2.23. The first kappa shape index (κ1) is 17.8. The fraction of sp³-hybridized carbons (Fsp3) is 0.348. The quantitative estimate of drug-likeness (QED) is 0.700. The first-order valence-electron chi connectivity index (χ1n) is 9.72. The molecule has 3 aromatic rings. The van der Waals surface area contributed by atoms with Gasteiger partial charge in [-0.15, -0.1) is 0 Å². The molecule has 27 heavy (non-hydrogen) atoms. The fourth-order valence-corrected chi connectivity index (χ4v) is 4.19. The lowest BCUT2D eigenvalue weighted by Gasteiger charge is -2.29. The summed E-state index contributed by atoms with van der Waals surface area (Å²) < 4.78 is 5.33. The number of aromatic hydroxyl groups is 1. The van der Waals surface area contributed by atoms with E-state index in [1.165, 1.54) is 23.3 Å². The number of hydrogen-bond acceptors (Lipinski definition) is 3. The van der Waals surface area contributed by atoms with E-state index < -0.39 is 0 Å². The van der Waals surface area contributed by atoms with Crippen LogP contribution in [0.4, 0.5) is 0 Å². The van der Waals surface area contributed by atoms with Crippen molar-refractivity contribution in [2.24, 2.45) is 5.92 Å². The van der Waals surface area contributed by atoms with E-state index in [9.17, 15) is 9.90 Å². The number of likely N-dealkylation sites (tertiary alicyclic amines) is 1. The SMILES string of the molecule is Cc1cc2oc(=O)cc(C[NH+]3CCC(Cc4ccccc4)CC3)c2cc1O. The zero-order chi connectivity index (χ0) is 18.8. The molecule has 0 unspecified atom stereocenters. The van der Waals surface area contributed by atoms with Crippen molar-refractivity contribution in [3.8, 4) is 5.75 Å². The van der Waals surface area contributed by atoms with Crippen LogP contribution in [0.15, 0.2) is 57.7 Å². The van der Waals surface area contributed by atoms with Gasteiger partial charge in [0.2, 0.25) is 0 Å². The number of benzene rings is 2. The molecule has 4 nitrogen and oxygen atoms in total. The summed E-state index contributed by atoms with van der Waals surface area (Å²) >= 11 is 0. The summed E-state index contributed by atoms with van der Waals surface area (Å²) in [5.41, 5.74) is 3.35. The Labute approximate surface area is 159 Å². The number of hydrogen-bond donors (Lipinski definition) is 2. The molecule has 2 aromatic carbocycles.